The Balaban J connectivity index is 1.26. The molecule has 1 fully saturated rings. The van der Waals surface area contributed by atoms with E-state index >= 15 is 0 Å². The average molecular weight is 488 g/mol. The lowest BCUT2D eigenvalue weighted by Crippen LogP contribution is -2.27. The number of amides is 1. The summed E-state index contributed by atoms with van der Waals surface area (Å²) in [5.41, 5.74) is 1.61. The Morgan fingerprint density at radius 3 is 2.36 bits per heavy atom. The van der Waals surface area contributed by atoms with Crippen molar-refractivity contribution in [2.45, 2.75) is 13.0 Å². The number of Topliss-reactive ketones (excluding diaryl/α,β-unsaturated/α-hetero) is 1. The Labute approximate surface area is 208 Å². The van der Waals surface area contributed by atoms with E-state index < -0.39 is 30.2 Å². The van der Waals surface area contributed by atoms with Gasteiger partial charge in [-0.25, -0.2) is 4.79 Å². The van der Waals surface area contributed by atoms with Gasteiger partial charge in [0.25, 0.3) is 0 Å². The number of hydrogen-bond donors (Lipinski definition) is 0. The Morgan fingerprint density at radius 1 is 0.889 bits per heavy atom. The zero-order chi connectivity index (χ0) is 25.5. The van der Waals surface area contributed by atoms with E-state index in [-0.39, 0.29) is 24.6 Å². The van der Waals surface area contributed by atoms with Crippen LogP contribution in [0.25, 0.3) is 0 Å². The van der Waals surface area contributed by atoms with Gasteiger partial charge in [0.2, 0.25) is 5.91 Å². The number of nitrogens with zero attached hydrogens (tertiary/aromatic N) is 1. The van der Waals surface area contributed by atoms with Crippen molar-refractivity contribution in [1.82, 2.24) is 4.90 Å². The van der Waals surface area contributed by atoms with Crippen molar-refractivity contribution >= 4 is 23.6 Å². The number of likely N-dealkylation sites (tertiary alicyclic amines) is 1. The summed E-state index contributed by atoms with van der Waals surface area (Å²) in [5.74, 6) is -1.46. The van der Waals surface area contributed by atoms with E-state index in [0.29, 0.717) is 23.4 Å². The number of ketones is 1. The van der Waals surface area contributed by atoms with Gasteiger partial charge in [0.15, 0.2) is 12.4 Å². The highest BCUT2D eigenvalue weighted by atomic mass is 16.5. The van der Waals surface area contributed by atoms with E-state index in [1.807, 2.05) is 30.3 Å². The molecule has 1 unspecified atom stereocenters. The molecule has 4 rings (SSSR count). The fourth-order valence-corrected chi connectivity index (χ4v) is 3.85. The lowest BCUT2D eigenvalue weighted by atomic mass is 10.1. The van der Waals surface area contributed by atoms with Gasteiger partial charge in [-0.05, 0) is 48.0 Å². The maximum absolute atomic E-state index is 12.5. The van der Waals surface area contributed by atoms with Crippen molar-refractivity contribution in [3.8, 4) is 11.5 Å². The largest absolute Gasteiger partial charge is 0.497 e. The molecule has 36 heavy (non-hydrogen) atoms. The van der Waals surface area contributed by atoms with Crippen LogP contribution in [0.2, 0.25) is 0 Å². The lowest BCUT2D eigenvalue weighted by Gasteiger charge is -2.16. The number of benzene rings is 3. The highest BCUT2D eigenvalue weighted by molar-refractivity contribution is 5.98. The molecule has 1 heterocycles. The van der Waals surface area contributed by atoms with Crippen LogP contribution in [0.4, 0.5) is 0 Å². The summed E-state index contributed by atoms with van der Waals surface area (Å²) in [6, 6.07) is 22.1. The summed E-state index contributed by atoms with van der Waals surface area (Å²) in [4.78, 5) is 51.2. The minimum atomic E-state index is -0.604. The summed E-state index contributed by atoms with van der Waals surface area (Å²) in [5, 5.41) is 0. The first-order chi connectivity index (χ1) is 17.4. The summed E-state index contributed by atoms with van der Waals surface area (Å²) >= 11 is 0. The molecule has 1 amide bonds. The molecule has 0 bridgehead atoms. The second kappa shape index (κ2) is 11.3. The number of methoxy groups -OCH3 is 1. The van der Waals surface area contributed by atoms with Crippen LogP contribution in [-0.2, 0) is 20.9 Å². The molecule has 1 atom stereocenters. The normalized spacial score (nSPS) is 14.9. The van der Waals surface area contributed by atoms with Crippen molar-refractivity contribution in [1.29, 1.82) is 0 Å². The summed E-state index contributed by atoms with van der Waals surface area (Å²) in [6.45, 7) is 0.246. The first-order valence-corrected chi connectivity index (χ1v) is 11.4. The molecule has 0 aliphatic carbocycles. The van der Waals surface area contributed by atoms with E-state index in [2.05, 4.69) is 0 Å². The third kappa shape index (κ3) is 6.15. The molecular formula is C28H25NO7. The summed E-state index contributed by atoms with van der Waals surface area (Å²) < 4.78 is 15.6. The van der Waals surface area contributed by atoms with E-state index in [1.54, 1.807) is 29.2 Å². The molecule has 0 radical (unpaired) electrons. The highest BCUT2D eigenvalue weighted by Gasteiger charge is 2.35. The topological polar surface area (TPSA) is 99.2 Å². The van der Waals surface area contributed by atoms with Gasteiger partial charge in [-0.3, -0.25) is 14.4 Å². The van der Waals surface area contributed by atoms with Gasteiger partial charge in [-0.1, -0.05) is 36.4 Å². The van der Waals surface area contributed by atoms with Crippen molar-refractivity contribution in [2.24, 2.45) is 5.92 Å². The van der Waals surface area contributed by atoms with Crippen LogP contribution in [0.3, 0.4) is 0 Å². The number of ether oxygens (including phenoxy) is 3. The van der Waals surface area contributed by atoms with Crippen molar-refractivity contribution < 1.29 is 33.4 Å². The SMILES string of the molecule is COc1cccc(C(=O)Oc2ccc(C(=O)COC(=O)C3CC(=O)N(Cc4ccccc4)C3)cc2)c1. The van der Waals surface area contributed by atoms with Gasteiger partial charge in [-0.2, -0.15) is 0 Å². The van der Waals surface area contributed by atoms with Crippen LogP contribution < -0.4 is 9.47 Å². The van der Waals surface area contributed by atoms with Crippen LogP contribution in [0.5, 0.6) is 11.5 Å². The van der Waals surface area contributed by atoms with Crippen molar-refractivity contribution in [2.75, 3.05) is 20.3 Å². The molecule has 1 saturated heterocycles. The lowest BCUT2D eigenvalue weighted by molar-refractivity contribution is -0.147. The first kappa shape index (κ1) is 24.7. The maximum Gasteiger partial charge on any atom is 0.343 e. The molecule has 0 saturated carbocycles. The van der Waals surface area contributed by atoms with Gasteiger partial charge in [0.05, 0.1) is 18.6 Å². The van der Waals surface area contributed by atoms with Crippen molar-refractivity contribution in [3.63, 3.8) is 0 Å². The average Bonchev–Trinajstić information content (AvgIpc) is 3.28. The zero-order valence-electron chi connectivity index (χ0n) is 19.7. The standard InChI is InChI=1S/C28H25NO7/c1-34-24-9-5-8-21(14-24)28(33)36-23-12-10-20(11-13-23)25(30)18-35-27(32)22-15-26(31)29(17-22)16-19-6-3-2-4-7-19/h2-14,22H,15-18H2,1H3. The second-order valence-electron chi connectivity index (χ2n) is 8.34. The second-order valence-corrected chi connectivity index (χ2v) is 8.34. The van der Waals surface area contributed by atoms with E-state index in [1.165, 1.54) is 31.4 Å². The third-order valence-electron chi connectivity index (χ3n) is 5.80. The molecule has 184 valence electrons. The minimum absolute atomic E-state index is 0.0627. The van der Waals surface area contributed by atoms with Gasteiger partial charge in [0.1, 0.15) is 11.5 Å². The van der Waals surface area contributed by atoms with Gasteiger partial charge in [-0.15, -0.1) is 0 Å². The van der Waals surface area contributed by atoms with Crippen LogP contribution >= 0.6 is 0 Å². The molecule has 3 aromatic rings. The number of carbonyl (C=O) groups excluding carboxylic acids is 4. The summed E-state index contributed by atoms with van der Waals surface area (Å²) in [6.07, 6.45) is 0.0627. The Morgan fingerprint density at radius 2 is 1.64 bits per heavy atom. The quantitative estimate of drug-likeness (QED) is 0.258. The first-order valence-electron chi connectivity index (χ1n) is 11.4. The van der Waals surface area contributed by atoms with Crippen molar-refractivity contribution in [3.05, 3.63) is 95.6 Å². The van der Waals surface area contributed by atoms with Crippen LogP contribution in [0, 0.1) is 5.92 Å². The number of hydrogen-bond acceptors (Lipinski definition) is 7. The van der Waals surface area contributed by atoms with Crippen LogP contribution in [-0.4, -0.2) is 48.8 Å². The number of carbonyl (C=O) groups is 4. The minimum Gasteiger partial charge on any atom is -0.497 e. The molecular weight excluding hydrogens is 462 g/mol. The number of rotatable bonds is 9. The molecule has 1 aliphatic heterocycles. The molecule has 8 nitrogen and oxygen atoms in total. The predicted molar refractivity (Wildman–Crippen MR) is 130 cm³/mol. The molecule has 3 aromatic carbocycles. The third-order valence-corrected chi connectivity index (χ3v) is 5.80. The smallest absolute Gasteiger partial charge is 0.343 e. The molecule has 0 aromatic heterocycles. The molecule has 0 N–H and O–H groups in total. The summed E-state index contributed by atoms with van der Waals surface area (Å²) in [7, 11) is 1.51. The Hall–Kier alpha value is -4.46. The molecule has 8 heteroatoms. The van der Waals surface area contributed by atoms with Crippen LogP contribution in [0.1, 0.15) is 32.7 Å². The van der Waals surface area contributed by atoms with Gasteiger partial charge < -0.3 is 19.1 Å². The Kier molecular flexibility index (Phi) is 7.75. The van der Waals surface area contributed by atoms with Gasteiger partial charge >= 0.3 is 11.9 Å². The highest BCUT2D eigenvalue weighted by Crippen LogP contribution is 2.22. The van der Waals surface area contributed by atoms with E-state index in [9.17, 15) is 19.2 Å². The molecule has 1 aliphatic rings. The fourth-order valence-electron chi connectivity index (χ4n) is 3.85. The fraction of sp³-hybridized carbons (Fsp3) is 0.214. The Bertz CT molecular complexity index is 1250. The predicted octanol–water partition coefficient (Wildman–Crippen LogP) is 3.69. The van der Waals surface area contributed by atoms with E-state index in [0.717, 1.165) is 5.56 Å². The monoisotopic (exact) mass is 487 g/mol. The zero-order valence-corrected chi connectivity index (χ0v) is 19.7. The van der Waals surface area contributed by atoms with E-state index in [4.69, 9.17) is 14.2 Å². The maximum atomic E-state index is 12.5. The molecule has 0 spiro atoms. The van der Waals surface area contributed by atoms with Gasteiger partial charge in [0, 0.05) is 25.1 Å². The van der Waals surface area contributed by atoms with Crippen LogP contribution in [0.15, 0.2) is 78.9 Å². The number of esters is 2.